The molecule has 1 amide bonds. The van der Waals surface area contributed by atoms with E-state index in [4.69, 9.17) is 9.84 Å². The molecule has 9 nitrogen and oxygen atoms in total. The molecule has 0 aliphatic rings. The first-order valence-corrected chi connectivity index (χ1v) is 10.3. The molecule has 3 aromatic rings. The number of H-pyrrole nitrogens is 1. The zero-order chi connectivity index (χ0) is 22.8. The van der Waals surface area contributed by atoms with E-state index < -0.39 is 23.8 Å². The second-order valence-electron chi connectivity index (χ2n) is 7.37. The number of aromatic nitrogens is 3. The van der Waals surface area contributed by atoms with Crippen LogP contribution in [-0.2, 0) is 16.0 Å². The zero-order valence-corrected chi connectivity index (χ0v) is 17.5. The first-order chi connectivity index (χ1) is 15.6. The number of aliphatic hydroxyl groups excluding tert-OH is 1. The molecule has 2 atom stereocenters. The quantitative estimate of drug-likeness (QED) is 0.317. The van der Waals surface area contributed by atoms with Gasteiger partial charge in [-0.3, -0.25) is 14.7 Å². The number of benzene rings is 2. The Hall–Kier alpha value is -3.56. The maximum absolute atomic E-state index is 12.5. The number of carboxylic acid groups (broad SMARTS) is 1. The van der Waals surface area contributed by atoms with Crippen LogP contribution in [0.25, 0.3) is 11.1 Å². The molecule has 0 saturated heterocycles. The van der Waals surface area contributed by atoms with Crippen molar-refractivity contribution in [3.05, 3.63) is 72.1 Å². The van der Waals surface area contributed by atoms with Crippen molar-refractivity contribution in [2.75, 3.05) is 19.8 Å². The predicted octanol–water partition coefficient (Wildman–Crippen LogP) is 1.91. The fourth-order valence-electron chi connectivity index (χ4n) is 3.39. The number of carboxylic acids is 1. The monoisotopic (exact) mass is 438 g/mol. The summed E-state index contributed by atoms with van der Waals surface area (Å²) < 4.78 is 5.23. The Bertz CT molecular complexity index is 977. The van der Waals surface area contributed by atoms with E-state index in [1.54, 1.807) is 0 Å². The molecule has 2 aromatic carbocycles. The lowest BCUT2D eigenvalue weighted by Gasteiger charge is -2.22. The van der Waals surface area contributed by atoms with Crippen LogP contribution in [0.1, 0.15) is 22.5 Å². The largest absolute Gasteiger partial charge is 0.481 e. The van der Waals surface area contributed by atoms with E-state index in [1.807, 2.05) is 54.6 Å². The van der Waals surface area contributed by atoms with E-state index in [2.05, 4.69) is 20.7 Å². The number of hydrogen-bond acceptors (Lipinski definition) is 6. The van der Waals surface area contributed by atoms with Crippen LogP contribution in [0.4, 0.5) is 0 Å². The minimum atomic E-state index is -1.02. The lowest BCUT2D eigenvalue weighted by molar-refractivity contribution is -0.144. The molecule has 0 radical (unpaired) electrons. The van der Waals surface area contributed by atoms with E-state index in [9.17, 15) is 14.7 Å². The Labute approximate surface area is 185 Å². The van der Waals surface area contributed by atoms with Crippen molar-refractivity contribution < 1.29 is 24.5 Å². The van der Waals surface area contributed by atoms with Gasteiger partial charge in [-0.05, 0) is 29.5 Å². The molecule has 0 saturated carbocycles. The van der Waals surface area contributed by atoms with Crippen molar-refractivity contribution in [3.63, 3.8) is 0 Å². The Morgan fingerprint density at radius 1 is 1.06 bits per heavy atom. The molecule has 3 rings (SSSR count). The van der Waals surface area contributed by atoms with Gasteiger partial charge in [-0.1, -0.05) is 59.8 Å². The molecule has 32 heavy (non-hydrogen) atoms. The van der Waals surface area contributed by atoms with Crippen LogP contribution in [-0.4, -0.2) is 63.4 Å². The van der Waals surface area contributed by atoms with Crippen LogP contribution in [0.2, 0.25) is 0 Å². The van der Waals surface area contributed by atoms with Crippen LogP contribution < -0.4 is 5.32 Å². The minimum absolute atomic E-state index is 0.0562. The Morgan fingerprint density at radius 2 is 1.78 bits per heavy atom. The summed E-state index contributed by atoms with van der Waals surface area (Å²) in [6.07, 6.45) is 1.97. The molecule has 168 valence electrons. The smallest absolute Gasteiger partial charge is 0.308 e. The highest BCUT2D eigenvalue weighted by Gasteiger charge is 2.25. The van der Waals surface area contributed by atoms with Crippen molar-refractivity contribution in [2.45, 2.75) is 18.9 Å². The van der Waals surface area contributed by atoms with Crippen molar-refractivity contribution in [1.29, 1.82) is 0 Å². The van der Waals surface area contributed by atoms with Gasteiger partial charge in [-0.25, -0.2) is 0 Å². The highest BCUT2D eigenvalue weighted by Crippen LogP contribution is 2.21. The predicted molar refractivity (Wildman–Crippen MR) is 117 cm³/mol. The number of nitrogens with one attached hydrogen (secondary N) is 2. The SMILES string of the molecule is O=C(N[C@H](Cc1ccc(-c2ccccc2)cc1)C[C@@H](COCCO)C(=O)O)c1c[nH]nn1. The third kappa shape index (κ3) is 6.73. The number of nitrogens with zero attached hydrogens (tertiary/aromatic N) is 2. The van der Waals surface area contributed by atoms with Gasteiger partial charge in [0.1, 0.15) is 0 Å². The molecule has 0 fully saturated rings. The van der Waals surface area contributed by atoms with Crippen LogP contribution in [0.15, 0.2) is 60.8 Å². The molecule has 1 aromatic heterocycles. The number of ether oxygens (including phenoxy) is 1. The van der Waals surface area contributed by atoms with E-state index in [-0.39, 0.29) is 31.9 Å². The van der Waals surface area contributed by atoms with Crippen molar-refractivity contribution in [1.82, 2.24) is 20.7 Å². The maximum Gasteiger partial charge on any atom is 0.308 e. The molecule has 1 heterocycles. The summed E-state index contributed by atoms with van der Waals surface area (Å²) >= 11 is 0. The van der Waals surface area contributed by atoms with E-state index in [1.165, 1.54) is 6.20 Å². The molecule has 0 aliphatic carbocycles. The molecular formula is C23H26N4O5. The molecule has 0 bridgehead atoms. The van der Waals surface area contributed by atoms with E-state index >= 15 is 0 Å². The average molecular weight is 438 g/mol. The van der Waals surface area contributed by atoms with Gasteiger partial charge in [0.25, 0.3) is 5.91 Å². The minimum Gasteiger partial charge on any atom is -0.481 e. The number of rotatable bonds is 12. The standard InChI is InChI=1S/C23H26N4O5/c28-10-11-32-15-19(23(30)31)13-20(25-22(29)21-14-24-27-26-21)12-16-6-8-18(9-7-16)17-4-2-1-3-5-17/h1-9,14,19-20,28H,10-13,15H2,(H,25,29)(H,30,31)(H,24,26,27)/t19-,20+/m0/s1. The maximum atomic E-state index is 12.5. The first kappa shape index (κ1) is 23.1. The van der Waals surface area contributed by atoms with Gasteiger partial charge in [0.2, 0.25) is 0 Å². The van der Waals surface area contributed by atoms with Crippen LogP contribution in [0.3, 0.4) is 0 Å². The van der Waals surface area contributed by atoms with Gasteiger partial charge >= 0.3 is 5.97 Å². The number of aliphatic carboxylic acids is 1. The molecular weight excluding hydrogens is 412 g/mol. The lowest BCUT2D eigenvalue weighted by Crippen LogP contribution is -2.40. The highest BCUT2D eigenvalue weighted by molar-refractivity contribution is 5.92. The van der Waals surface area contributed by atoms with Crippen molar-refractivity contribution in [3.8, 4) is 11.1 Å². The van der Waals surface area contributed by atoms with Gasteiger partial charge in [0.05, 0.1) is 31.9 Å². The molecule has 0 spiro atoms. The van der Waals surface area contributed by atoms with E-state index in [0.717, 1.165) is 16.7 Å². The second-order valence-corrected chi connectivity index (χ2v) is 7.37. The second kappa shape index (κ2) is 11.7. The third-order valence-corrected chi connectivity index (χ3v) is 5.00. The van der Waals surface area contributed by atoms with Gasteiger partial charge in [0, 0.05) is 6.04 Å². The number of carbonyl (C=O) groups excluding carboxylic acids is 1. The Kier molecular flexibility index (Phi) is 8.47. The topological polar surface area (TPSA) is 137 Å². The van der Waals surface area contributed by atoms with Gasteiger partial charge < -0.3 is 20.3 Å². The Morgan fingerprint density at radius 3 is 2.41 bits per heavy atom. The van der Waals surface area contributed by atoms with E-state index in [0.29, 0.717) is 6.42 Å². The number of carbonyl (C=O) groups is 2. The number of hydrogen-bond donors (Lipinski definition) is 4. The number of aliphatic hydroxyl groups is 1. The zero-order valence-electron chi connectivity index (χ0n) is 17.5. The van der Waals surface area contributed by atoms with Gasteiger partial charge in [-0.15, -0.1) is 5.10 Å². The number of amides is 1. The fourth-order valence-corrected chi connectivity index (χ4v) is 3.39. The first-order valence-electron chi connectivity index (χ1n) is 10.3. The summed E-state index contributed by atoms with van der Waals surface area (Å²) in [5.41, 5.74) is 3.24. The summed E-state index contributed by atoms with van der Waals surface area (Å²) in [7, 11) is 0. The van der Waals surface area contributed by atoms with Crippen LogP contribution >= 0.6 is 0 Å². The van der Waals surface area contributed by atoms with Gasteiger partial charge in [0.15, 0.2) is 5.69 Å². The summed E-state index contributed by atoms with van der Waals surface area (Å²) in [4.78, 5) is 24.2. The normalized spacial score (nSPS) is 12.8. The number of aromatic amines is 1. The van der Waals surface area contributed by atoms with Crippen LogP contribution in [0, 0.1) is 5.92 Å². The van der Waals surface area contributed by atoms with Crippen LogP contribution in [0.5, 0.6) is 0 Å². The molecule has 0 unspecified atom stereocenters. The van der Waals surface area contributed by atoms with Crippen molar-refractivity contribution in [2.24, 2.45) is 5.92 Å². The van der Waals surface area contributed by atoms with Crippen molar-refractivity contribution >= 4 is 11.9 Å². The summed E-state index contributed by atoms with van der Waals surface area (Å²) in [6.45, 7) is -0.188. The average Bonchev–Trinajstić information content (AvgIpc) is 3.35. The fraction of sp³-hybridized carbons (Fsp3) is 0.304. The summed E-state index contributed by atoms with van der Waals surface area (Å²) in [5.74, 6) is -2.30. The molecule has 9 heteroatoms. The summed E-state index contributed by atoms with van der Waals surface area (Å²) in [6, 6.07) is 17.4. The lowest BCUT2D eigenvalue weighted by atomic mass is 9.94. The van der Waals surface area contributed by atoms with Gasteiger partial charge in [-0.2, -0.15) is 0 Å². The molecule has 4 N–H and O–H groups in total. The highest BCUT2D eigenvalue weighted by atomic mass is 16.5. The summed E-state index contributed by atoms with van der Waals surface area (Å²) in [5, 5.41) is 31.1. The third-order valence-electron chi connectivity index (χ3n) is 5.00. The Balaban J connectivity index is 1.73. The molecule has 0 aliphatic heterocycles.